The summed E-state index contributed by atoms with van der Waals surface area (Å²) in [5.41, 5.74) is 0. The molecule has 0 aliphatic rings. The van der Waals surface area contributed by atoms with Crippen LogP contribution < -0.4 is 5.84 Å². The van der Waals surface area contributed by atoms with Gasteiger partial charge < -0.3 is 0 Å². The van der Waals surface area contributed by atoms with Crippen molar-refractivity contribution in [2.75, 3.05) is 6.54 Å². The first-order valence-electron chi connectivity index (χ1n) is 4.77. The van der Waals surface area contributed by atoms with E-state index < -0.39 is 0 Å². The fourth-order valence-electron chi connectivity index (χ4n) is 1.04. The van der Waals surface area contributed by atoms with Crippen molar-refractivity contribution in [1.82, 2.24) is 5.01 Å². The van der Waals surface area contributed by atoms with Gasteiger partial charge in [0.25, 0.3) is 0 Å². The van der Waals surface area contributed by atoms with Crippen LogP contribution >= 0.6 is 0 Å². The van der Waals surface area contributed by atoms with E-state index in [9.17, 15) is 4.79 Å². The summed E-state index contributed by atoms with van der Waals surface area (Å²) in [6.07, 6.45) is 5.14. The summed E-state index contributed by atoms with van der Waals surface area (Å²) < 4.78 is 0. The van der Waals surface area contributed by atoms with Gasteiger partial charge in [0.15, 0.2) is 0 Å². The molecular formula is C9H20N2O. The van der Waals surface area contributed by atoms with E-state index in [4.69, 9.17) is 5.84 Å². The standard InChI is InChI=1S/C9H20N2O/c1-3-5-6-7-8-11(10)9(12)4-2/h3-8,10H2,1-2H3. The molecule has 1 amide bonds. The van der Waals surface area contributed by atoms with E-state index in [1.54, 1.807) is 0 Å². The third kappa shape index (κ3) is 5.13. The van der Waals surface area contributed by atoms with Crippen LogP contribution in [0.15, 0.2) is 0 Å². The smallest absolute Gasteiger partial charge is 0.236 e. The van der Waals surface area contributed by atoms with Gasteiger partial charge in [-0.05, 0) is 6.42 Å². The minimum Gasteiger partial charge on any atom is -0.281 e. The number of nitrogens with two attached hydrogens (primary N) is 1. The lowest BCUT2D eigenvalue weighted by Crippen LogP contribution is -2.37. The molecule has 0 aromatic heterocycles. The molecule has 0 aliphatic carbocycles. The Labute approximate surface area is 74.9 Å². The maximum Gasteiger partial charge on any atom is 0.236 e. The Hall–Kier alpha value is -0.570. The normalized spacial score (nSPS) is 9.92. The number of nitrogens with zero attached hydrogens (tertiary/aromatic N) is 1. The van der Waals surface area contributed by atoms with E-state index in [0.29, 0.717) is 13.0 Å². The van der Waals surface area contributed by atoms with Crippen molar-refractivity contribution in [3.8, 4) is 0 Å². The third-order valence-corrected chi connectivity index (χ3v) is 1.88. The van der Waals surface area contributed by atoms with Crippen LogP contribution in [0.2, 0.25) is 0 Å². The van der Waals surface area contributed by atoms with Crippen LogP contribution in [0.25, 0.3) is 0 Å². The van der Waals surface area contributed by atoms with Gasteiger partial charge in [0.05, 0.1) is 0 Å². The number of amides is 1. The Morgan fingerprint density at radius 2 is 1.92 bits per heavy atom. The zero-order valence-electron chi connectivity index (χ0n) is 8.18. The van der Waals surface area contributed by atoms with Crippen LogP contribution in [-0.4, -0.2) is 17.5 Å². The van der Waals surface area contributed by atoms with Crippen molar-refractivity contribution < 1.29 is 4.79 Å². The molecule has 0 spiro atoms. The van der Waals surface area contributed by atoms with Crippen molar-refractivity contribution in [1.29, 1.82) is 0 Å². The molecule has 0 fully saturated rings. The second-order valence-electron chi connectivity index (χ2n) is 3.00. The van der Waals surface area contributed by atoms with Gasteiger partial charge in [0.2, 0.25) is 5.91 Å². The Morgan fingerprint density at radius 3 is 2.42 bits per heavy atom. The maximum atomic E-state index is 11.0. The van der Waals surface area contributed by atoms with E-state index >= 15 is 0 Å². The van der Waals surface area contributed by atoms with Crippen LogP contribution in [0.3, 0.4) is 0 Å². The SMILES string of the molecule is CCCCCCN(N)C(=O)CC. The predicted octanol–water partition coefficient (Wildman–Crippen LogP) is 1.68. The van der Waals surface area contributed by atoms with Gasteiger partial charge in [0.1, 0.15) is 0 Å². The van der Waals surface area contributed by atoms with Crippen molar-refractivity contribution in [3.05, 3.63) is 0 Å². The van der Waals surface area contributed by atoms with Crippen LogP contribution in [-0.2, 0) is 4.79 Å². The number of hydrogen-bond donors (Lipinski definition) is 1. The molecule has 0 atom stereocenters. The highest BCUT2D eigenvalue weighted by Crippen LogP contribution is 1.99. The largest absolute Gasteiger partial charge is 0.281 e. The van der Waals surface area contributed by atoms with E-state index in [1.165, 1.54) is 24.3 Å². The lowest BCUT2D eigenvalue weighted by Gasteiger charge is -2.14. The van der Waals surface area contributed by atoms with E-state index in [0.717, 1.165) is 6.42 Å². The zero-order valence-corrected chi connectivity index (χ0v) is 8.18. The predicted molar refractivity (Wildman–Crippen MR) is 50.3 cm³/mol. The minimum absolute atomic E-state index is 0.0338. The lowest BCUT2D eigenvalue weighted by atomic mass is 10.2. The third-order valence-electron chi connectivity index (χ3n) is 1.88. The van der Waals surface area contributed by atoms with Crippen LogP contribution in [0.4, 0.5) is 0 Å². The molecule has 12 heavy (non-hydrogen) atoms. The first kappa shape index (κ1) is 11.4. The molecule has 0 saturated heterocycles. The number of carbonyl (C=O) groups excluding carboxylic acids is 1. The molecular weight excluding hydrogens is 152 g/mol. The fraction of sp³-hybridized carbons (Fsp3) is 0.889. The summed E-state index contributed by atoms with van der Waals surface area (Å²) in [4.78, 5) is 11.0. The van der Waals surface area contributed by atoms with Crippen molar-refractivity contribution in [2.45, 2.75) is 46.0 Å². The molecule has 72 valence electrons. The molecule has 0 rings (SSSR count). The van der Waals surface area contributed by atoms with Gasteiger partial charge in [-0.25, -0.2) is 5.84 Å². The summed E-state index contributed by atoms with van der Waals surface area (Å²) >= 11 is 0. The monoisotopic (exact) mass is 172 g/mol. The average molecular weight is 172 g/mol. The first-order valence-corrected chi connectivity index (χ1v) is 4.77. The lowest BCUT2D eigenvalue weighted by molar-refractivity contribution is -0.131. The molecule has 0 saturated carbocycles. The van der Waals surface area contributed by atoms with Gasteiger partial charge in [0, 0.05) is 13.0 Å². The highest BCUT2D eigenvalue weighted by atomic mass is 16.2. The number of rotatable bonds is 6. The molecule has 2 N–H and O–H groups in total. The zero-order chi connectivity index (χ0) is 9.40. The highest BCUT2D eigenvalue weighted by molar-refractivity contribution is 5.75. The van der Waals surface area contributed by atoms with Crippen molar-refractivity contribution in [3.63, 3.8) is 0 Å². The molecule has 3 nitrogen and oxygen atoms in total. The van der Waals surface area contributed by atoms with Crippen LogP contribution in [0.5, 0.6) is 0 Å². The van der Waals surface area contributed by atoms with Gasteiger partial charge in [-0.1, -0.05) is 33.1 Å². The maximum absolute atomic E-state index is 11.0. The number of hydrazine groups is 1. The van der Waals surface area contributed by atoms with Crippen molar-refractivity contribution >= 4 is 5.91 Å². The summed E-state index contributed by atoms with van der Waals surface area (Å²) in [5, 5.41) is 1.33. The van der Waals surface area contributed by atoms with Crippen LogP contribution in [0.1, 0.15) is 46.0 Å². The molecule has 0 unspecified atom stereocenters. The number of carbonyl (C=O) groups is 1. The van der Waals surface area contributed by atoms with E-state index in [-0.39, 0.29) is 5.91 Å². The summed E-state index contributed by atoms with van der Waals surface area (Å²) in [5.74, 6) is 5.53. The summed E-state index contributed by atoms with van der Waals surface area (Å²) in [7, 11) is 0. The summed E-state index contributed by atoms with van der Waals surface area (Å²) in [6, 6.07) is 0. The quantitative estimate of drug-likeness (QED) is 0.287. The van der Waals surface area contributed by atoms with Crippen LogP contribution in [0, 0.1) is 0 Å². The molecule has 0 aliphatic heterocycles. The molecule has 0 heterocycles. The van der Waals surface area contributed by atoms with Crippen molar-refractivity contribution in [2.24, 2.45) is 5.84 Å². The highest BCUT2D eigenvalue weighted by Gasteiger charge is 2.04. The minimum atomic E-state index is 0.0338. The van der Waals surface area contributed by atoms with Gasteiger partial charge in [-0.15, -0.1) is 0 Å². The molecule has 0 bridgehead atoms. The molecule has 0 radical (unpaired) electrons. The number of hydrogen-bond acceptors (Lipinski definition) is 2. The van der Waals surface area contributed by atoms with E-state index in [1.807, 2.05) is 6.92 Å². The second kappa shape index (κ2) is 7.10. The fourth-order valence-corrected chi connectivity index (χ4v) is 1.04. The Kier molecular flexibility index (Phi) is 6.76. The number of unbranched alkanes of at least 4 members (excludes halogenated alkanes) is 3. The van der Waals surface area contributed by atoms with Gasteiger partial charge >= 0.3 is 0 Å². The Morgan fingerprint density at radius 1 is 1.25 bits per heavy atom. The Balaban J connectivity index is 3.31. The Bertz CT molecular complexity index is 126. The molecule has 3 heteroatoms. The van der Waals surface area contributed by atoms with Gasteiger partial charge in [-0.3, -0.25) is 9.80 Å². The molecule has 0 aromatic rings. The topological polar surface area (TPSA) is 46.3 Å². The first-order chi connectivity index (χ1) is 5.72. The van der Waals surface area contributed by atoms with E-state index in [2.05, 4.69) is 6.92 Å². The summed E-state index contributed by atoms with van der Waals surface area (Å²) in [6.45, 7) is 4.69. The van der Waals surface area contributed by atoms with Gasteiger partial charge in [-0.2, -0.15) is 0 Å². The second-order valence-corrected chi connectivity index (χ2v) is 3.00. The average Bonchev–Trinajstić information content (AvgIpc) is 2.10. The molecule has 0 aromatic carbocycles.